The first-order valence-electron chi connectivity index (χ1n) is 7.04. The maximum Gasteiger partial charge on any atom is 0.221 e. The smallest absolute Gasteiger partial charge is 0.221 e. The molecule has 1 aromatic carbocycles. The summed E-state index contributed by atoms with van der Waals surface area (Å²) in [6.07, 6.45) is 3.52. The summed E-state index contributed by atoms with van der Waals surface area (Å²) in [5.74, 6) is 0.0398. The van der Waals surface area contributed by atoms with E-state index < -0.39 is 0 Å². The maximum absolute atomic E-state index is 11.3. The minimum Gasteiger partial charge on any atom is -0.359 e. The van der Waals surface area contributed by atoms with Crippen LogP contribution in [0.1, 0.15) is 32.8 Å². The van der Waals surface area contributed by atoms with Crippen molar-refractivity contribution in [2.75, 3.05) is 7.05 Å². The molecule has 0 saturated carbocycles. The van der Waals surface area contributed by atoms with E-state index in [2.05, 4.69) is 49.4 Å². The van der Waals surface area contributed by atoms with Crippen LogP contribution in [0.15, 0.2) is 24.4 Å². The highest BCUT2D eigenvalue weighted by Gasteiger charge is 2.12. The number of aromatic nitrogens is 2. The van der Waals surface area contributed by atoms with Crippen molar-refractivity contribution < 1.29 is 4.79 Å². The van der Waals surface area contributed by atoms with E-state index in [9.17, 15) is 4.79 Å². The number of hydrogen-bond acceptors (Lipinski definition) is 2. The molecule has 4 nitrogen and oxygen atoms in total. The zero-order valence-corrected chi connectivity index (χ0v) is 12.7. The Morgan fingerprint density at radius 2 is 2.10 bits per heavy atom. The molecule has 0 unspecified atom stereocenters. The third-order valence-electron chi connectivity index (χ3n) is 3.20. The fourth-order valence-corrected chi connectivity index (χ4v) is 2.30. The van der Waals surface area contributed by atoms with Crippen LogP contribution in [0.4, 0.5) is 0 Å². The number of carbonyl (C=O) groups is 1. The fraction of sp³-hybridized carbons (Fsp3) is 0.500. The highest BCUT2D eigenvalue weighted by molar-refractivity contribution is 5.79. The van der Waals surface area contributed by atoms with Gasteiger partial charge in [-0.15, -0.1) is 0 Å². The highest BCUT2D eigenvalue weighted by Crippen LogP contribution is 2.23. The summed E-state index contributed by atoms with van der Waals surface area (Å²) in [5, 5.41) is 8.26. The van der Waals surface area contributed by atoms with E-state index in [0.29, 0.717) is 13.0 Å². The quantitative estimate of drug-likeness (QED) is 0.931. The molecule has 2 rings (SSSR count). The van der Waals surface area contributed by atoms with Crippen LogP contribution in [0.2, 0.25) is 0 Å². The summed E-state index contributed by atoms with van der Waals surface area (Å²) >= 11 is 0. The predicted molar refractivity (Wildman–Crippen MR) is 81.6 cm³/mol. The Bertz CT molecular complexity index is 608. The molecule has 4 heteroatoms. The van der Waals surface area contributed by atoms with Crippen LogP contribution >= 0.6 is 0 Å². The third-order valence-corrected chi connectivity index (χ3v) is 3.20. The van der Waals surface area contributed by atoms with Gasteiger partial charge in [0.25, 0.3) is 0 Å². The fourth-order valence-electron chi connectivity index (χ4n) is 2.30. The van der Waals surface area contributed by atoms with E-state index in [-0.39, 0.29) is 11.3 Å². The van der Waals surface area contributed by atoms with Gasteiger partial charge in [0.15, 0.2) is 0 Å². The molecule has 0 aliphatic rings. The SMILES string of the molecule is CNC(=O)CCn1cc2cc(CC(C)(C)C)ccc2n1. The lowest BCUT2D eigenvalue weighted by molar-refractivity contribution is -0.120. The number of fused-ring (bicyclic) bond motifs is 1. The minimum absolute atomic E-state index is 0.0398. The summed E-state index contributed by atoms with van der Waals surface area (Å²) in [4.78, 5) is 11.3. The van der Waals surface area contributed by atoms with Crippen LogP contribution in [0.5, 0.6) is 0 Å². The highest BCUT2D eigenvalue weighted by atomic mass is 16.1. The molecule has 20 heavy (non-hydrogen) atoms. The average Bonchev–Trinajstić information content (AvgIpc) is 2.76. The van der Waals surface area contributed by atoms with E-state index in [1.54, 1.807) is 7.05 Å². The van der Waals surface area contributed by atoms with Gasteiger partial charge in [-0.1, -0.05) is 26.8 Å². The van der Waals surface area contributed by atoms with Gasteiger partial charge in [-0.05, 0) is 29.5 Å². The normalized spacial score (nSPS) is 11.8. The first-order valence-corrected chi connectivity index (χ1v) is 7.04. The van der Waals surface area contributed by atoms with Gasteiger partial charge in [-0.25, -0.2) is 0 Å². The van der Waals surface area contributed by atoms with Crippen molar-refractivity contribution >= 4 is 16.8 Å². The number of amides is 1. The first-order chi connectivity index (χ1) is 9.37. The standard InChI is InChI=1S/C16H23N3O/c1-16(2,3)10-12-5-6-14-13(9-12)11-19(18-14)8-7-15(20)17-4/h5-6,9,11H,7-8,10H2,1-4H3,(H,17,20). The number of benzene rings is 1. The molecular formula is C16H23N3O. The molecule has 2 aromatic rings. The van der Waals surface area contributed by atoms with Crippen molar-refractivity contribution in [3.8, 4) is 0 Å². The summed E-state index contributed by atoms with van der Waals surface area (Å²) < 4.78 is 1.85. The third kappa shape index (κ3) is 3.83. The van der Waals surface area contributed by atoms with Gasteiger partial charge in [0.2, 0.25) is 5.91 Å². The van der Waals surface area contributed by atoms with Crippen molar-refractivity contribution in [2.45, 2.75) is 40.2 Å². The monoisotopic (exact) mass is 273 g/mol. The Morgan fingerprint density at radius 3 is 2.75 bits per heavy atom. The molecule has 0 bridgehead atoms. The van der Waals surface area contributed by atoms with Crippen molar-refractivity contribution in [1.29, 1.82) is 0 Å². The molecule has 0 aliphatic heterocycles. The number of rotatable bonds is 4. The Kier molecular flexibility index (Phi) is 4.12. The predicted octanol–water partition coefficient (Wildman–Crippen LogP) is 2.76. The second-order valence-corrected chi connectivity index (χ2v) is 6.45. The number of hydrogen-bond donors (Lipinski definition) is 1. The van der Waals surface area contributed by atoms with Gasteiger partial charge in [-0.3, -0.25) is 9.48 Å². The zero-order chi connectivity index (χ0) is 14.8. The Morgan fingerprint density at radius 1 is 1.35 bits per heavy atom. The van der Waals surface area contributed by atoms with E-state index in [1.807, 2.05) is 10.9 Å². The second-order valence-electron chi connectivity index (χ2n) is 6.45. The lowest BCUT2D eigenvalue weighted by Crippen LogP contribution is -2.19. The molecule has 108 valence electrons. The van der Waals surface area contributed by atoms with Crippen molar-refractivity contribution in [2.24, 2.45) is 5.41 Å². The van der Waals surface area contributed by atoms with Crippen LogP contribution in [-0.4, -0.2) is 22.7 Å². The van der Waals surface area contributed by atoms with Crippen LogP contribution < -0.4 is 5.32 Å². The van der Waals surface area contributed by atoms with Gasteiger partial charge >= 0.3 is 0 Å². The maximum atomic E-state index is 11.3. The molecule has 1 N–H and O–H groups in total. The molecule has 1 heterocycles. The molecule has 0 spiro atoms. The van der Waals surface area contributed by atoms with Crippen molar-refractivity contribution in [3.05, 3.63) is 30.0 Å². The van der Waals surface area contributed by atoms with Crippen LogP contribution in [0.25, 0.3) is 10.9 Å². The van der Waals surface area contributed by atoms with E-state index in [1.165, 1.54) is 5.56 Å². The second kappa shape index (κ2) is 5.65. The van der Waals surface area contributed by atoms with Crippen LogP contribution in [0.3, 0.4) is 0 Å². The Balaban J connectivity index is 2.15. The van der Waals surface area contributed by atoms with Gasteiger partial charge in [0.05, 0.1) is 5.52 Å². The Hall–Kier alpha value is -1.84. The van der Waals surface area contributed by atoms with Crippen LogP contribution in [-0.2, 0) is 17.8 Å². The van der Waals surface area contributed by atoms with Gasteiger partial charge in [-0.2, -0.15) is 5.10 Å². The summed E-state index contributed by atoms with van der Waals surface area (Å²) in [7, 11) is 1.65. The van der Waals surface area contributed by atoms with Gasteiger partial charge in [0, 0.05) is 31.6 Å². The molecule has 0 fully saturated rings. The van der Waals surface area contributed by atoms with E-state index in [0.717, 1.165) is 17.3 Å². The Labute approximate surface area is 120 Å². The average molecular weight is 273 g/mol. The number of aryl methyl sites for hydroxylation is 1. The summed E-state index contributed by atoms with van der Waals surface area (Å²) in [5.41, 5.74) is 2.60. The molecule has 0 aliphatic carbocycles. The van der Waals surface area contributed by atoms with Crippen molar-refractivity contribution in [3.63, 3.8) is 0 Å². The van der Waals surface area contributed by atoms with Gasteiger partial charge < -0.3 is 5.32 Å². The van der Waals surface area contributed by atoms with Crippen molar-refractivity contribution in [1.82, 2.24) is 15.1 Å². The minimum atomic E-state index is 0.0398. The largest absolute Gasteiger partial charge is 0.359 e. The number of nitrogens with one attached hydrogen (secondary N) is 1. The lowest BCUT2D eigenvalue weighted by atomic mass is 9.88. The molecule has 0 atom stereocenters. The van der Waals surface area contributed by atoms with E-state index >= 15 is 0 Å². The van der Waals surface area contributed by atoms with Crippen LogP contribution in [0, 0.1) is 5.41 Å². The number of nitrogens with zero attached hydrogens (tertiary/aromatic N) is 2. The van der Waals surface area contributed by atoms with Gasteiger partial charge in [0.1, 0.15) is 0 Å². The lowest BCUT2D eigenvalue weighted by Gasteiger charge is -2.17. The van der Waals surface area contributed by atoms with E-state index in [4.69, 9.17) is 0 Å². The topological polar surface area (TPSA) is 46.9 Å². The molecule has 0 saturated heterocycles. The molecule has 1 aromatic heterocycles. The molecular weight excluding hydrogens is 250 g/mol. The summed E-state index contributed by atoms with van der Waals surface area (Å²) in [6, 6.07) is 6.40. The summed E-state index contributed by atoms with van der Waals surface area (Å²) in [6.45, 7) is 7.33. The zero-order valence-electron chi connectivity index (χ0n) is 12.7. The number of carbonyl (C=O) groups excluding carboxylic acids is 1. The first kappa shape index (κ1) is 14.6. The molecule has 1 amide bonds. The molecule has 0 radical (unpaired) electrons.